The SMILES string of the molecule is CC(C)c1c(S(=O)(=O)NC2C3CC4CC(C3)CC2C4)c(-c2ccc(F)cc2)c(-c2ccc(F)cc2)n1CCC(O)CC(O)CC(=O)O.[H-].[Na+]. The Labute approximate surface area is 304 Å². The molecule has 12 heteroatoms. The number of sulfonamides is 1. The van der Waals surface area contributed by atoms with E-state index in [1.54, 1.807) is 24.3 Å². The molecule has 4 aliphatic rings. The van der Waals surface area contributed by atoms with E-state index < -0.39 is 46.3 Å². The number of hydrogen-bond donors (Lipinski definition) is 4. The van der Waals surface area contributed by atoms with Gasteiger partial charge in [-0.15, -0.1) is 0 Å². The minimum atomic E-state index is -4.16. The molecule has 0 spiro atoms. The molecule has 0 radical (unpaired) electrons. The van der Waals surface area contributed by atoms with Gasteiger partial charge in [-0.2, -0.15) is 0 Å². The van der Waals surface area contributed by atoms with Gasteiger partial charge >= 0.3 is 35.5 Å². The van der Waals surface area contributed by atoms with Gasteiger partial charge in [0.2, 0.25) is 10.0 Å². The van der Waals surface area contributed by atoms with Crippen molar-refractivity contribution in [1.29, 1.82) is 0 Å². The average Bonchev–Trinajstić information content (AvgIpc) is 3.34. The number of halogens is 2. The number of rotatable bonds is 13. The zero-order valence-electron chi connectivity index (χ0n) is 28.8. The molecule has 1 aromatic heterocycles. The second-order valence-electron chi connectivity index (χ2n) is 14.3. The Morgan fingerprint density at radius 3 is 1.92 bits per heavy atom. The molecular formula is C36H45F2N2NaO6S. The summed E-state index contributed by atoms with van der Waals surface area (Å²) in [6.45, 7) is 3.91. The van der Waals surface area contributed by atoms with Gasteiger partial charge in [-0.3, -0.25) is 4.79 Å². The van der Waals surface area contributed by atoms with Gasteiger partial charge in [0.1, 0.15) is 16.5 Å². The summed E-state index contributed by atoms with van der Waals surface area (Å²) in [7, 11) is -4.16. The van der Waals surface area contributed by atoms with Crippen molar-refractivity contribution in [3.63, 3.8) is 0 Å². The number of aliphatic hydroxyl groups excluding tert-OH is 2. The summed E-state index contributed by atoms with van der Waals surface area (Å²) >= 11 is 0. The van der Waals surface area contributed by atoms with Crippen LogP contribution in [0.3, 0.4) is 0 Å². The minimum absolute atomic E-state index is 0. The Morgan fingerprint density at radius 2 is 1.42 bits per heavy atom. The molecule has 0 saturated heterocycles. The van der Waals surface area contributed by atoms with Gasteiger partial charge in [-0.1, -0.05) is 26.0 Å². The Balaban J connectivity index is 0.00000270. The number of carboxylic acids is 1. The van der Waals surface area contributed by atoms with Crippen molar-refractivity contribution in [3.05, 3.63) is 65.9 Å². The number of benzene rings is 2. The number of aliphatic hydroxyl groups is 2. The molecule has 2 aromatic carbocycles. The third-order valence-electron chi connectivity index (χ3n) is 10.5. The number of aromatic nitrogens is 1. The van der Waals surface area contributed by atoms with E-state index in [1.807, 2.05) is 18.4 Å². The molecule has 48 heavy (non-hydrogen) atoms. The zero-order valence-corrected chi connectivity index (χ0v) is 30.6. The maximum absolute atomic E-state index is 14.9. The van der Waals surface area contributed by atoms with Gasteiger partial charge in [-0.05, 0) is 122 Å². The van der Waals surface area contributed by atoms with Crippen LogP contribution in [-0.4, -0.2) is 52.5 Å². The quantitative estimate of drug-likeness (QED) is 0.203. The van der Waals surface area contributed by atoms with Crippen LogP contribution in [0.15, 0.2) is 53.4 Å². The van der Waals surface area contributed by atoms with E-state index in [0.717, 1.165) is 25.7 Å². The molecular weight excluding hydrogens is 649 g/mol. The van der Waals surface area contributed by atoms with E-state index in [-0.39, 0.29) is 79.1 Å². The predicted molar refractivity (Wildman–Crippen MR) is 175 cm³/mol. The summed E-state index contributed by atoms with van der Waals surface area (Å²) in [5.41, 5.74) is 2.39. The first-order chi connectivity index (χ1) is 22.3. The molecule has 0 amide bonds. The number of nitrogens with one attached hydrogen (secondary N) is 1. The van der Waals surface area contributed by atoms with Gasteiger partial charge in [0.05, 0.1) is 24.3 Å². The maximum atomic E-state index is 14.9. The van der Waals surface area contributed by atoms with Gasteiger partial charge < -0.3 is 21.3 Å². The fraction of sp³-hybridized carbons (Fsp3) is 0.528. The van der Waals surface area contributed by atoms with Crippen molar-refractivity contribution in [1.82, 2.24) is 9.29 Å². The Morgan fingerprint density at radius 1 is 0.896 bits per heavy atom. The first kappa shape index (κ1) is 37.1. The van der Waals surface area contributed by atoms with Crippen LogP contribution in [0.1, 0.15) is 78.3 Å². The number of aliphatic carboxylic acids is 1. The van der Waals surface area contributed by atoms with E-state index in [2.05, 4.69) is 4.72 Å². The van der Waals surface area contributed by atoms with Crippen molar-refractivity contribution >= 4 is 16.0 Å². The normalized spacial score (nSPS) is 24.4. The molecule has 4 aliphatic carbocycles. The summed E-state index contributed by atoms with van der Waals surface area (Å²) in [5.74, 6) is -0.549. The van der Waals surface area contributed by atoms with Gasteiger partial charge in [0.25, 0.3) is 0 Å². The standard InChI is InChI=1S/C36H44F2N2O6S.Na.H/c1-20(2)34-36(47(45,46)39-33-25-14-21-13-22(16-25)17-26(33)15-21)32(23-3-7-27(37)8-4-23)35(24-5-9-28(38)10-6-24)40(34)12-11-29(41)18-30(42)19-31(43)44;;/h3-10,20-22,25-26,29-30,33,39,41-42H,11-19H2,1-2H3,(H,43,44);;/q;+1;-1. The molecule has 4 fully saturated rings. The molecule has 7 rings (SSSR count). The van der Waals surface area contributed by atoms with E-state index >= 15 is 0 Å². The molecule has 3 aromatic rings. The molecule has 0 aliphatic heterocycles. The van der Waals surface area contributed by atoms with Crippen LogP contribution < -0.4 is 34.3 Å². The summed E-state index contributed by atoms with van der Waals surface area (Å²) in [5, 5.41) is 30.1. The van der Waals surface area contributed by atoms with Crippen LogP contribution >= 0.6 is 0 Å². The maximum Gasteiger partial charge on any atom is 1.00 e. The summed E-state index contributed by atoms with van der Waals surface area (Å²) in [6.07, 6.45) is 2.42. The smallest absolute Gasteiger partial charge is 1.00 e. The second kappa shape index (κ2) is 15.0. The third-order valence-corrected chi connectivity index (χ3v) is 12.0. The number of carbonyl (C=O) groups is 1. The first-order valence-corrected chi connectivity index (χ1v) is 18.2. The van der Waals surface area contributed by atoms with Crippen molar-refractivity contribution in [2.75, 3.05) is 0 Å². The molecule has 2 unspecified atom stereocenters. The molecule has 8 nitrogen and oxygen atoms in total. The van der Waals surface area contributed by atoms with Crippen LogP contribution in [0.4, 0.5) is 8.78 Å². The van der Waals surface area contributed by atoms with E-state index in [9.17, 15) is 32.2 Å². The van der Waals surface area contributed by atoms with Crippen molar-refractivity contribution < 1.29 is 68.3 Å². The Hall–Kier alpha value is -2.12. The van der Waals surface area contributed by atoms with Crippen molar-refractivity contribution in [2.24, 2.45) is 23.7 Å². The first-order valence-electron chi connectivity index (χ1n) is 16.7. The largest absolute Gasteiger partial charge is 1.00 e. The van der Waals surface area contributed by atoms with Crippen LogP contribution in [0.2, 0.25) is 0 Å². The molecule has 1 heterocycles. The van der Waals surface area contributed by atoms with Crippen LogP contribution in [0.5, 0.6) is 0 Å². The summed E-state index contributed by atoms with van der Waals surface area (Å²) in [4.78, 5) is 11.2. The number of carboxylic acid groups (broad SMARTS) is 1. The average molecular weight is 695 g/mol. The molecule has 256 valence electrons. The number of hydrogen-bond acceptors (Lipinski definition) is 5. The topological polar surface area (TPSA) is 129 Å². The molecule has 4 bridgehead atoms. The van der Waals surface area contributed by atoms with E-state index in [0.29, 0.717) is 39.9 Å². The zero-order chi connectivity index (χ0) is 33.6. The van der Waals surface area contributed by atoms with Crippen LogP contribution in [-0.2, 0) is 21.4 Å². The van der Waals surface area contributed by atoms with Crippen molar-refractivity contribution in [2.45, 2.75) is 101 Å². The van der Waals surface area contributed by atoms with Gasteiger partial charge in [0.15, 0.2) is 0 Å². The summed E-state index contributed by atoms with van der Waals surface area (Å²) < 4.78 is 63.1. The third kappa shape index (κ3) is 7.77. The van der Waals surface area contributed by atoms with E-state index in [4.69, 9.17) is 5.11 Å². The molecule has 2 atom stereocenters. The molecule has 4 saturated carbocycles. The van der Waals surface area contributed by atoms with Crippen molar-refractivity contribution in [3.8, 4) is 22.4 Å². The Bertz CT molecular complexity index is 1690. The molecule has 4 N–H and O–H groups in total. The fourth-order valence-corrected chi connectivity index (χ4v) is 10.8. The Kier molecular flexibility index (Phi) is 11.6. The predicted octanol–water partition coefficient (Wildman–Crippen LogP) is 3.42. The van der Waals surface area contributed by atoms with Crippen LogP contribution in [0, 0.1) is 35.3 Å². The van der Waals surface area contributed by atoms with Gasteiger partial charge in [-0.25, -0.2) is 21.9 Å². The van der Waals surface area contributed by atoms with Crippen LogP contribution in [0.25, 0.3) is 22.4 Å². The second-order valence-corrected chi connectivity index (χ2v) is 15.9. The monoisotopic (exact) mass is 694 g/mol. The minimum Gasteiger partial charge on any atom is -1.00 e. The van der Waals surface area contributed by atoms with E-state index in [1.165, 1.54) is 30.7 Å². The number of nitrogens with zero attached hydrogens (tertiary/aromatic N) is 1. The fourth-order valence-electron chi connectivity index (χ4n) is 8.83. The summed E-state index contributed by atoms with van der Waals surface area (Å²) in [6, 6.07) is 11.2. The van der Waals surface area contributed by atoms with Gasteiger partial charge in [0, 0.05) is 23.8 Å².